The lowest BCUT2D eigenvalue weighted by Gasteiger charge is -2.14. The van der Waals surface area contributed by atoms with Crippen LogP contribution < -0.4 is 5.32 Å². The van der Waals surface area contributed by atoms with Gasteiger partial charge < -0.3 is 5.32 Å². The predicted molar refractivity (Wildman–Crippen MR) is 80.0 cm³/mol. The van der Waals surface area contributed by atoms with Crippen molar-refractivity contribution in [2.45, 2.75) is 13.8 Å². The van der Waals surface area contributed by atoms with Gasteiger partial charge in [0.1, 0.15) is 17.3 Å². The van der Waals surface area contributed by atoms with Crippen molar-refractivity contribution in [2.75, 3.05) is 5.32 Å². The molecule has 0 atom stereocenters. The number of halogens is 2. The second-order valence-electron chi connectivity index (χ2n) is 4.40. The van der Waals surface area contributed by atoms with Gasteiger partial charge in [0.25, 0.3) is 5.78 Å². The van der Waals surface area contributed by atoms with Crippen LogP contribution in [0.25, 0.3) is 5.78 Å². The third-order valence-corrected chi connectivity index (χ3v) is 3.75. The smallest absolute Gasteiger partial charge is 0.255 e. The van der Waals surface area contributed by atoms with Gasteiger partial charge in [-0.15, -0.1) is 0 Å². The van der Waals surface area contributed by atoms with Crippen LogP contribution in [0.1, 0.15) is 11.1 Å². The maximum atomic E-state index is 6.24. The van der Waals surface area contributed by atoms with Gasteiger partial charge >= 0.3 is 0 Å². The SMILES string of the molecule is Cc1cccc(Cl)c1Nc1c(C)c(Cl)nc2ncnn12. The number of aryl methyl sites for hydroxylation is 1. The van der Waals surface area contributed by atoms with E-state index in [2.05, 4.69) is 20.4 Å². The van der Waals surface area contributed by atoms with Crippen LogP contribution in [0.3, 0.4) is 0 Å². The van der Waals surface area contributed by atoms with Gasteiger partial charge in [-0.3, -0.25) is 0 Å². The van der Waals surface area contributed by atoms with E-state index in [4.69, 9.17) is 23.2 Å². The highest BCUT2D eigenvalue weighted by molar-refractivity contribution is 6.33. The van der Waals surface area contributed by atoms with Crippen LogP contribution in [-0.4, -0.2) is 19.6 Å². The number of fused-ring (bicyclic) bond motifs is 1. The summed E-state index contributed by atoms with van der Waals surface area (Å²) in [5.74, 6) is 1.14. The number of aromatic nitrogens is 4. The molecule has 2 aromatic heterocycles. The average Bonchev–Trinajstić information content (AvgIpc) is 2.85. The van der Waals surface area contributed by atoms with Crippen molar-refractivity contribution in [2.24, 2.45) is 0 Å². The van der Waals surface area contributed by atoms with Crippen molar-refractivity contribution in [3.8, 4) is 0 Å². The molecule has 0 spiro atoms. The molecule has 0 aliphatic heterocycles. The quantitative estimate of drug-likeness (QED) is 0.732. The first kappa shape index (κ1) is 13.1. The lowest BCUT2D eigenvalue weighted by atomic mass is 10.2. The molecule has 0 aliphatic rings. The van der Waals surface area contributed by atoms with Crippen molar-refractivity contribution in [1.82, 2.24) is 19.6 Å². The first-order valence-corrected chi connectivity index (χ1v) is 6.71. The zero-order chi connectivity index (χ0) is 14.3. The number of nitrogens with zero attached hydrogens (tertiary/aromatic N) is 4. The molecule has 2 heterocycles. The Balaban J connectivity index is 2.20. The van der Waals surface area contributed by atoms with Crippen LogP contribution in [0.2, 0.25) is 10.2 Å². The van der Waals surface area contributed by atoms with E-state index in [1.54, 1.807) is 4.52 Å². The standard InChI is InChI=1S/C13H11Cl2N5/c1-7-4-3-5-9(14)10(7)18-12-8(2)11(15)19-13-16-6-17-20(12)13/h3-6,18H,1-2H3. The molecule has 20 heavy (non-hydrogen) atoms. The Morgan fingerprint density at radius 1 is 1.20 bits per heavy atom. The minimum absolute atomic E-state index is 0.387. The highest BCUT2D eigenvalue weighted by Gasteiger charge is 2.14. The molecule has 3 aromatic rings. The molecule has 0 saturated heterocycles. The van der Waals surface area contributed by atoms with Crippen LogP contribution in [-0.2, 0) is 0 Å². The summed E-state index contributed by atoms with van der Waals surface area (Å²) in [5, 5.41) is 8.45. The number of nitrogens with one attached hydrogen (secondary N) is 1. The van der Waals surface area contributed by atoms with Gasteiger partial charge in [-0.1, -0.05) is 35.3 Å². The molecule has 1 aromatic carbocycles. The third-order valence-electron chi connectivity index (χ3n) is 3.07. The Kier molecular flexibility index (Phi) is 3.23. The minimum Gasteiger partial charge on any atom is -0.338 e. The number of rotatable bonds is 2. The number of hydrogen-bond donors (Lipinski definition) is 1. The van der Waals surface area contributed by atoms with Gasteiger partial charge in [0.2, 0.25) is 0 Å². The van der Waals surface area contributed by atoms with Crippen molar-refractivity contribution in [1.29, 1.82) is 0 Å². The van der Waals surface area contributed by atoms with Crippen molar-refractivity contribution < 1.29 is 0 Å². The largest absolute Gasteiger partial charge is 0.338 e. The maximum Gasteiger partial charge on any atom is 0.255 e. The van der Waals surface area contributed by atoms with E-state index in [0.29, 0.717) is 21.8 Å². The molecule has 7 heteroatoms. The zero-order valence-electron chi connectivity index (χ0n) is 10.9. The monoisotopic (exact) mass is 307 g/mol. The zero-order valence-corrected chi connectivity index (χ0v) is 12.4. The summed E-state index contributed by atoms with van der Waals surface area (Å²) in [6.45, 7) is 3.84. The molecule has 0 unspecified atom stereocenters. The minimum atomic E-state index is 0.387. The fraction of sp³-hybridized carbons (Fsp3) is 0.154. The van der Waals surface area contributed by atoms with Crippen molar-refractivity contribution in [3.05, 3.63) is 45.8 Å². The molecule has 0 saturated carbocycles. The van der Waals surface area contributed by atoms with Crippen LogP contribution in [0.15, 0.2) is 24.5 Å². The Labute approximate surface area is 125 Å². The lowest BCUT2D eigenvalue weighted by Crippen LogP contribution is -2.06. The third kappa shape index (κ3) is 2.09. The summed E-state index contributed by atoms with van der Waals surface area (Å²) < 4.78 is 1.60. The summed E-state index contributed by atoms with van der Waals surface area (Å²) >= 11 is 12.4. The number of para-hydroxylation sites is 1. The molecule has 0 aliphatic carbocycles. The molecular weight excluding hydrogens is 297 g/mol. The number of anilines is 2. The van der Waals surface area contributed by atoms with Crippen LogP contribution in [0.5, 0.6) is 0 Å². The van der Waals surface area contributed by atoms with Gasteiger partial charge in [0, 0.05) is 5.56 Å². The Morgan fingerprint density at radius 2 is 2.00 bits per heavy atom. The second kappa shape index (κ2) is 4.92. The summed E-state index contributed by atoms with van der Waals surface area (Å²) in [5.41, 5.74) is 2.62. The van der Waals surface area contributed by atoms with Gasteiger partial charge in [-0.05, 0) is 25.5 Å². The highest BCUT2D eigenvalue weighted by atomic mass is 35.5. The fourth-order valence-electron chi connectivity index (χ4n) is 1.95. The van der Waals surface area contributed by atoms with Gasteiger partial charge in [0.15, 0.2) is 0 Å². The lowest BCUT2D eigenvalue weighted by molar-refractivity contribution is 0.936. The number of hydrogen-bond acceptors (Lipinski definition) is 4. The Hall–Kier alpha value is -1.85. The van der Waals surface area contributed by atoms with Crippen molar-refractivity contribution in [3.63, 3.8) is 0 Å². The summed E-state index contributed by atoms with van der Waals surface area (Å²) in [6, 6.07) is 5.71. The van der Waals surface area contributed by atoms with E-state index in [-0.39, 0.29) is 0 Å². The first-order chi connectivity index (χ1) is 9.58. The van der Waals surface area contributed by atoms with Crippen LogP contribution >= 0.6 is 23.2 Å². The Bertz CT molecular complexity index is 777. The molecule has 0 bridgehead atoms. The molecule has 3 rings (SSSR count). The van der Waals surface area contributed by atoms with E-state index in [9.17, 15) is 0 Å². The van der Waals surface area contributed by atoms with Crippen LogP contribution in [0.4, 0.5) is 11.5 Å². The molecular formula is C13H11Cl2N5. The molecule has 5 nitrogen and oxygen atoms in total. The van der Waals surface area contributed by atoms with Gasteiger partial charge in [0.05, 0.1) is 10.7 Å². The number of benzene rings is 1. The fourth-order valence-corrected chi connectivity index (χ4v) is 2.39. The van der Waals surface area contributed by atoms with E-state index in [1.807, 2.05) is 32.0 Å². The molecule has 0 amide bonds. The van der Waals surface area contributed by atoms with Crippen molar-refractivity contribution >= 4 is 40.5 Å². The van der Waals surface area contributed by atoms with Gasteiger partial charge in [-0.2, -0.15) is 19.6 Å². The van der Waals surface area contributed by atoms with Gasteiger partial charge in [-0.25, -0.2) is 0 Å². The predicted octanol–water partition coefficient (Wildman–Crippen LogP) is 3.79. The maximum absolute atomic E-state index is 6.24. The summed E-state index contributed by atoms with van der Waals surface area (Å²) in [4.78, 5) is 8.22. The Morgan fingerprint density at radius 3 is 2.75 bits per heavy atom. The first-order valence-electron chi connectivity index (χ1n) is 5.96. The van der Waals surface area contributed by atoms with E-state index < -0.39 is 0 Å². The van der Waals surface area contributed by atoms with Crippen LogP contribution in [0, 0.1) is 13.8 Å². The van der Waals surface area contributed by atoms with E-state index in [1.165, 1.54) is 6.33 Å². The van der Waals surface area contributed by atoms with E-state index in [0.717, 1.165) is 16.8 Å². The average molecular weight is 308 g/mol. The molecule has 0 radical (unpaired) electrons. The second-order valence-corrected chi connectivity index (χ2v) is 5.17. The molecule has 0 fully saturated rings. The highest BCUT2D eigenvalue weighted by Crippen LogP contribution is 2.31. The normalized spacial score (nSPS) is 11.0. The summed E-state index contributed by atoms with van der Waals surface area (Å²) in [7, 11) is 0. The van der Waals surface area contributed by atoms with E-state index >= 15 is 0 Å². The topological polar surface area (TPSA) is 55.1 Å². The molecule has 102 valence electrons. The summed E-state index contributed by atoms with van der Waals surface area (Å²) in [6.07, 6.45) is 1.43. The molecule has 1 N–H and O–H groups in total.